The van der Waals surface area contributed by atoms with Crippen molar-refractivity contribution in [1.82, 2.24) is 15.5 Å². The van der Waals surface area contributed by atoms with Crippen molar-refractivity contribution in [2.75, 3.05) is 46.0 Å². The van der Waals surface area contributed by atoms with Gasteiger partial charge < -0.3 is 10.6 Å². The molecule has 0 unspecified atom stereocenters. The van der Waals surface area contributed by atoms with Crippen molar-refractivity contribution in [3.05, 3.63) is 29.8 Å². The second kappa shape index (κ2) is 11.3. The Kier molecular flexibility index (Phi) is 9.74. The van der Waals surface area contributed by atoms with E-state index in [4.69, 9.17) is 0 Å². The van der Waals surface area contributed by atoms with Gasteiger partial charge in [0.15, 0.2) is 15.8 Å². The van der Waals surface area contributed by atoms with Crippen LogP contribution in [0, 0.1) is 0 Å². The standard InChI is InChI=1S/C18H29F3N4O2S/c1-4-22-17(23-11-5-13-25(2)14-18(19,20)21)24-12-10-15-6-8-16(9-7-15)28(3,26)27/h6-9H,4-5,10-14H2,1-3H3,(H2,22,23,24). The average molecular weight is 423 g/mol. The Labute approximate surface area is 165 Å². The van der Waals surface area contributed by atoms with Crippen molar-refractivity contribution in [1.29, 1.82) is 0 Å². The molecule has 0 heterocycles. The van der Waals surface area contributed by atoms with E-state index < -0.39 is 22.6 Å². The van der Waals surface area contributed by atoms with Crippen LogP contribution < -0.4 is 10.6 Å². The number of hydrogen-bond acceptors (Lipinski definition) is 4. The van der Waals surface area contributed by atoms with Crippen LogP contribution in [0.3, 0.4) is 0 Å². The molecule has 10 heteroatoms. The SMILES string of the molecule is CCNC(=NCCCN(C)CC(F)(F)F)NCCc1ccc(S(C)(=O)=O)cc1. The molecule has 0 amide bonds. The van der Waals surface area contributed by atoms with E-state index >= 15 is 0 Å². The van der Waals surface area contributed by atoms with Gasteiger partial charge in [-0.2, -0.15) is 13.2 Å². The average Bonchev–Trinajstić information content (AvgIpc) is 2.56. The van der Waals surface area contributed by atoms with Gasteiger partial charge in [-0.3, -0.25) is 9.89 Å². The fourth-order valence-corrected chi connectivity index (χ4v) is 3.12. The molecule has 0 aliphatic rings. The summed E-state index contributed by atoms with van der Waals surface area (Å²) in [5.74, 6) is 0.605. The minimum absolute atomic E-state index is 0.287. The van der Waals surface area contributed by atoms with Crippen molar-refractivity contribution >= 4 is 15.8 Å². The first-order chi connectivity index (χ1) is 13.0. The number of alkyl halides is 3. The summed E-state index contributed by atoms with van der Waals surface area (Å²) in [6, 6.07) is 6.72. The molecule has 0 saturated carbocycles. The van der Waals surface area contributed by atoms with Crippen molar-refractivity contribution < 1.29 is 21.6 Å². The third kappa shape index (κ3) is 10.5. The highest BCUT2D eigenvalue weighted by atomic mass is 32.2. The summed E-state index contributed by atoms with van der Waals surface area (Å²) in [5.41, 5.74) is 0.990. The fourth-order valence-electron chi connectivity index (χ4n) is 2.49. The van der Waals surface area contributed by atoms with Gasteiger partial charge in [0.2, 0.25) is 0 Å². The molecule has 0 spiro atoms. The predicted molar refractivity (Wildman–Crippen MR) is 105 cm³/mol. The molecule has 160 valence electrons. The fraction of sp³-hybridized carbons (Fsp3) is 0.611. The van der Waals surface area contributed by atoms with Gasteiger partial charge in [-0.05, 0) is 51.1 Å². The Bertz CT molecular complexity index is 719. The van der Waals surface area contributed by atoms with Gasteiger partial charge in [0, 0.05) is 25.9 Å². The first-order valence-electron chi connectivity index (χ1n) is 9.07. The maximum Gasteiger partial charge on any atom is 0.401 e. The Morgan fingerprint density at radius 1 is 1.18 bits per heavy atom. The number of nitrogens with one attached hydrogen (secondary N) is 2. The molecule has 0 aliphatic carbocycles. The minimum atomic E-state index is -4.19. The van der Waals surface area contributed by atoms with Gasteiger partial charge in [0.05, 0.1) is 11.4 Å². The molecule has 1 rings (SSSR count). The maximum atomic E-state index is 12.3. The van der Waals surface area contributed by atoms with Gasteiger partial charge in [0.1, 0.15) is 0 Å². The molecule has 6 nitrogen and oxygen atoms in total. The number of benzene rings is 1. The number of sulfone groups is 1. The Hall–Kier alpha value is -1.81. The molecule has 0 fully saturated rings. The number of halogens is 3. The number of aliphatic imine (C=N–C) groups is 1. The second-order valence-electron chi connectivity index (χ2n) is 6.56. The summed E-state index contributed by atoms with van der Waals surface area (Å²) >= 11 is 0. The molecule has 0 saturated heterocycles. The maximum absolute atomic E-state index is 12.3. The highest BCUT2D eigenvalue weighted by Crippen LogP contribution is 2.15. The van der Waals surface area contributed by atoms with Crippen LogP contribution in [-0.2, 0) is 16.3 Å². The molecule has 0 radical (unpaired) electrons. The number of nitrogens with zero attached hydrogens (tertiary/aromatic N) is 2. The Morgan fingerprint density at radius 2 is 1.82 bits per heavy atom. The number of rotatable bonds is 10. The molecule has 0 aliphatic heterocycles. The van der Waals surface area contributed by atoms with E-state index in [0.717, 1.165) is 5.56 Å². The van der Waals surface area contributed by atoms with Crippen LogP contribution >= 0.6 is 0 Å². The molecular weight excluding hydrogens is 393 g/mol. The lowest BCUT2D eigenvalue weighted by Gasteiger charge is -2.18. The zero-order chi connectivity index (χ0) is 21.2. The summed E-state index contributed by atoms with van der Waals surface area (Å²) in [5, 5.41) is 6.26. The quantitative estimate of drug-likeness (QED) is 0.343. The van der Waals surface area contributed by atoms with Crippen molar-refractivity contribution in [3.8, 4) is 0 Å². The highest BCUT2D eigenvalue weighted by Gasteiger charge is 2.28. The van der Waals surface area contributed by atoms with Gasteiger partial charge >= 0.3 is 6.18 Å². The van der Waals surface area contributed by atoms with E-state index in [1.54, 1.807) is 24.3 Å². The van der Waals surface area contributed by atoms with Crippen LogP contribution in [0.15, 0.2) is 34.2 Å². The molecule has 28 heavy (non-hydrogen) atoms. The van der Waals surface area contributed by atoms with Crippen molar-refractivity contribution in [3.63, 3.8) is 0 Å². The summed E-state index contributed by atoms with van der Waals surface area (Å²) < 4.78 is 59.8. The lowest BCUT2D eigenvalue weighted by atomic mass is 10.1. The van der Waals surface area contributed by atoms with Crippen LogP contribution in [0.2, 0.25) is 0 Å². The lowest BCUT2D eigenvalue weighted by Crippen LogP contribution is -2.38. The van der Waals surface area contributed by atoms with Crippen LogP contribution in [0.25, 0.3) is 0 Å². The zero-order valence-corrected chi connectivity index (χ0v) is 17.3. The third-order valence-corrected chi connectivity index (χ3v) is 4.95. The van der Waals surface area contributed by atoms with Gasteiger partial charge in [-0.1, -0.05) is 12.1 Å². The second-order valence-corrected chi connectivity index (χ2v) is 8.58. The monoisotopic (exact) mass is 422 g/mol. The van der Waals surface area contributed by atoms with Crippen LogP contribution in [0.1, 0.15) is 18.9 Å². The van der Waals surface area contributed by atoms with Gasteiger partial charge in [-0.15, -0.1) is 0 Å². The molecule has 1 aromatic carbocycles. The predicted octanol–water partition coefficient (Wildman–Crippen LogP) is 2.07. The van der Waals surface area contributed by atoms with Crippen LogP contribution in [-0.4, -0.2) is 71.5 Å². The lowest BCUT2D eigenvalue weighted by molar-refractivity contribution is -0.143. The first-order valence-corrected chi connectivity index (χ1v) is 11.0. The molecule has 1 aromatic rings. The van der Waals surface area contributed by atoms with E-state index in [0.29, 0.717) is 45.0 Å². The van der Waals surface area contributed by atoms with Crippen LogP contribution in [0.4, 0.5) is 13.2 Å². The van der Waals surface area contributed by atoms with Gasteiger partial charge in [-0.25, -0.2) is 8.42 Å². The number of hydrogen-bond donors (Lipinski definition) is 2. The summed E-state index contributed by atoms with van der Waals surface area (Å²) in [6.07, 6.45) is -1.81. The molecular formula is C18H29F3N4O2S. The highest BCUT2D eigenvalue weighted by molar-refractivity contribution is 7.90. The summed E-state index contributed by atoms with van der Waals surface area (Å²) in [7, 11) is -1.76. The van der Waals surface area contributed by atoms with Crippen LogP contribution in [0.5, 0.6) is 0 Å². The summed E-state index contributed by atoms with van der Waals surface area (Å²) in [4.78, 5) is 5.89. The minimum Gasteiger partial charge on any atom is -0.357 e. The summed E-state index contributed by atoms with van der Waals surface area (Å²) in [6.45, 7) is 3.00. The van der Waals surface area contributed by atoms with Gasteiger partial charge in [0.25, 0.3) is 0 Å². The van der Waals surface area contributed by atoms with Crippen molar-refractivity contribution in [2.24, 2.45) is 4.99 Å². The largest absolute Gasteiger partial charge is 0.401 e. The number of guanidine groups is 1. The zero-order valence-electron chi connectivity index (χ0n) is 16.5. The van der Waals surface area contributed by atoms with E-state index in [2.05, 4.69) is 15.6 Å². The molecule has 2 N–H and O–H groups in total. The molecule has 0 aromatic heterocycles. The van der Waals surface area contributed by atoms with Crippen molar-refractivity contribution in [2.45, 2.75) is 30.8 Å². The van der Waals surface area contributed by atoms with E-state index in [9.17, 15) is 21.6 Å². The smallest absolute Gasteiger partial charge is 0.357 e. The van der Waals surface area contributed by atoms with E-state index in [1.165, 1.54) is 18.2 Å². The third-order valence-electron chi connectivity index (χ3n) is 3.82. The topological polar surface area (TPSA) is 73.8 Å². The normalized spacial score (nSPS) is 13.0. The molecule has 0 atom stereocenters. The molecule has 0 bridgehead atoms. The first kappa shape index (κ1) is 24.2. The Morgan fingerprint density at radius 3 is 2.36 bits per heavy atom. The van der Waals surface area contributed by atoms with E-state index in [1.807, 2.05) is 6.92 Å². The Balaban J connectivity index is 2.42. The van der Waals surface area contributed by atoms with E-state index in [-0.39, 0.29) is 4.90 Å².